The van der Waals surface area contributed by atoms with Crippen LogP contribution in [0.25, 0.3) is 0 Å². The van der Waals surface area contributed by atoms with Crippen molar-refractivity contribution in [1.82, 2.24) is 21.3 Å². The largest absolute Gasteiger partial charge is 0.444 e. The van der Waals surface area contributed by atoms with Crippen molar-refractivity contribution in [1.29, 1.82) is 0 Å². The van der Waals surface area contributed by atoms with Gasteiger partial charge in [0.15, 0.2) is 0 Å². The van der Waals surface area contributed by atoms with E-state index in [0.717, 1.165) is 24.0 Å². The van der Waals surface area contributed by atoms with Crippen molar-refractivity contribution < 1.29 is 38.1 Å². The number of imide groups is 2. The molecule has 0 aliphatic heterocycles. The molecule has 0 spiro atoms. The Bertz CT molecular complexity index is 1210. The van der Waals surface area contributed by atoms with Gasteiger partial charge < -0.3 is 18.9 Å². The number of amides is 4. The number of carbonyl (C=O) groups excluding carboxylic acids is 4. The van der Waals surface area contributed by atoms with Gasteiger partial charge in [-0.3, -0.25) is 30.9 Å². The lowest BCUT2D eigenvalue weighted by Gasteiger charge is -2.37. The van der Waals surface area contributed by atoms with Gasteiger partial charge >= 0.3 is 12.2 Å². The van der Waals surface area contributed by atoms with E-state index < -0.39 is 47.3 Å². The van der Waals surface area contributed by atoms with E-state index in [1.807, 2.05) is 60.7 Å². The van der Waals surface area contributed by atoms with Crippen LogP contribution in [0.2, 0.25) is 0 Å². The standard InChI is InChI=1S/C36H52N4O8/c1-35(2,3)47-33(43)39-31(41)29(23-45-21-25-15-9-7-10-16-25)37-27-19-13-14-20-28(27)38-30(24-46-22-26-17-11-8-12-18-26)32(42)40-34(44)48-36(4,5)6/h7-12,15-18,27-30,37-38H,13-14,19-24H2,1-6H3,(H,39,41,43)(H,40,42,44)/t27-,28-,29-,30-/m0/s1. The maximum atomic E-state index is 13.4. The summed E-state index contributed by atoms with van der Waals surface area (Å²) in [6.45, 7) is 10.8. The van der Waals surface area contributed by atoms with Crippen LogP contribution in [0.5, 0.6) is 0 Å². The highest BCUT2D eigenvalue weighted by Gasteiger charge is 2.34. The zero-order valence-electron chi connectivity index (χ0n) is 29.0. The average molecular weight is 669 g/mol. The van der Waals surface area contributed by atoms with Crippen molar-refractivity contribution in [3.63, 3.8) is 0 Å². The third kappa shape index (κ3) is 14.9. The minimum absolute atomic E-state index is 0.0184. The first-order chi connectivity index (χ1) is 22.7. The lowest BCUT2D eigenvalue weighted by atomic mass is 9.89. The normalized spacial score (nSPS) is 17.9. The molecule has 0 radical (unpaired) electrons. The molecule has 264 valence electrons. The molecule has 1 aliphatic rings. The third-order valence-electron chi connectivity index (χ3n) is 7.27. The minimum atomic E-state index is -0.906. The lowest BCUT2D eigenvalue weighted by Crippen LogP contribution is -2.62. The van der Waals surface area contributed by atoms with Crippen LogP contribution >= 0.6 is 0 Å². The number of nitrogens with one attached hydrogen (secondary N) is 4. The summed E-state index contributed by atoms with van der Waals surface area (Å²) < 4.78 is 22.5. The van der Waals surface area contributed by atoms with E-state index in [-0.39, 0.29) is 38.5 Å². The van der Waals surface area contributed by atoms with Crippen LogP contribution < -0.4 is 21.3 Å². The smallest absolute Gasteiger partial charge is 0.414 e. The van der Waals surface area contributed by atoms with Gasteiger partial charge in [0.05, 0.1) is 26.4 Å². The summed E-state index contributed by atoms with van der Waals surface area (Å²) in [7, 11) is 0. The number of rotatable bonds is 14. The molecule has 2 aromatic carbocycles. The van der Waals surface area contributed by atoms with Crippen molar-refractivity contribution in [2.24, 2.45) is 0 Å². The molecule has 3 rings (SSSR count). The fourth-order valence-electron chi connectivity index (χ4n) is 5.17. The number of hydrogen-bond acceptors (Lipinski definition) is 10. The molecule has 2 aromatic rings. The van der Waals surface area contributed by atoms with Gasteiger partial charge in [0, 0.05) is 12.1 Å². The van der Waals surface area contributed by atoms with Gasteiger partial charge in [-0.05, 0) is 65.5 Å². The second kappa shape index (κ2) is 18.6. The van der Waals surface area contributed by atoms with E-state index in [1.165, 1.54) is 0 Å². The van der Waals surface area contributed by atoms with Gasteiger partial charge in [-0.1, -0.05) is 73.5 Å². The highest BCUT2D eigenvalue weighted by atomic mass is 16.6. The van der Waals surface area contributed by atoms with Crippen molar-refractivity contribution in [3.8, 4) is 0 Å². The Morgan fingerprint density at radius 2 is 0.979 bits per heavy atom. The molecular formula is C36H52N4O8. The predicted molar refractivity (Wildman–Crippen MR) is 181 cm³/mol. The summed E-state index contributed by atoms with van der Waals surface area (Å²) in [6, 6.07) is 16.8. The highest BCUT2D eigenvalue weighted by Crippen LogP contribution is 2.20. The first-order valence-corrected chi connectivity index (χ1v) is 16.5. The zero-order valence-corrected chi connectivity index (χ0v) is 29.0. The van der Waals surface area contributed by atoms with E-state index >= 15 is 0 Å². The summed E-state index contributed by atoms with van der Waals surface area (Å²) in [4.78, 5) is 51.8. The van der Waals surface area contributed by atoms with Crippen molar-refractivity contribution in [2.45, 2.75) is 116 Å². The first-order valence-electron chi connectivity index (χ1n) is 16.5. The summed E-state index contributed by atoms with van der Waals surface area (Å²) >= 11 is 0. The summed E-state index contributed by atoms with van der Waals surface area (Å²) in [5.41, 5.74) is 0.311. The van der Waals surface area contributed by atoms with E-state index in [9.17, 15) is 19.2 Å². The molecule has 0 heterocycles. The Labute approximate surface area is 284 Å². The van der Waals surface area contributed by atoms with E-state index in [0.29, 0.717) is 12.8 Å². The van der Waals surface area contributed by atoms with E-state index in [4.69, 9.17) is 18.9 Å². The van der Waals surface area contributed by atoms with Crippen LogP contribution in [-0.2, 0) is 41.8 Å². The Morgan fingerprint density at radius 1 is 0.625 bits per heavy atom. The summed E-state index contributed by atoms with van der Waals surface area (Å²) in [5, 5.41) is 11.4. The van der Waals surface area contributed by atoms with Crippen LogP contribution in [0.1, 0.15) is 78.4 Å². The lowest BCUT2D eigenvalue weighted by molar-refractivity contribution is -0.126. The molecule has 0 saturated heterocycles. The molecule has 0 bridgehead atoms. The predicted octanol–water partition coefficient (Wildman–Crippen LogP) is 4.75. The van der Waals surface area contributed by atoms with Crippen LogP contribution in [-0.4, -0.2) is 72.6 Å². The number of carbonyl (C=O) groups is 4. The molecule has 1 saturated carbocycles. The van der Waals surface area contributed by atoms with Crippen LogP contribution in [0.15, 0.2) is 60.7 Å². The van der Waals surface area contributed by atoms with Gasteiger partial charge in [-0.25, -0.2) is 9.59 Å². The molecular weight excluding hydrogens is 616 g/mol. The molecule has 4 N–H and O–H groups in total. The fraction of sp³-hybridized carbons (Fsp3) is 0.556. The van der Waals surface area contributed by atoms with E-state index in [2.05, 4.69) is 21.3 Å². The second-order valence-corrected chi connectivity index (χ2v) is 13.9. The maximum absolute atomic E-state index is 13.4. The van der Waals surface area contributed by atoms with Gasteiger partial charge in [-0.2, -0.15) is 0 Å². The quantitative estimate of drug-likeness (QED) is 0.222. The van der Waals surface area contributed by atoms with Crippen LogP contribution in [0, 0.1) is 0 Å². The Hall–Kier alpha value is -3.84. The Balaban J connectivity index is 1.74. The molecule has 1 fully saturated rings. The molecule has 12 heteroatoms. The maximum Gasteiger partial charge on any atom is 0.414 e. The first kappa shape index (κ1) is 38.6. The van der Waals surface area contributed by atoms with Crippen molar-refractivity contribution >= 4 is 24.0 Å². The van der Waals surface area contributed by atoms with Gasteiger partial charge in [0.1, 0.15) is 23.3 Å². The van der Waals surface area contributed by atoms with Crippen LogP contribution in [0.3, 0.4) is 0 Å². The van der Waals surface area contributed by atoms with E-state index in [1.54, 1.807) is 41.5 Å². The number of benzene rings is 2. The molecule has 0 unspecified atom stereocenters. The van der Waals surface area contributed by atoms with Gasteiger partial charge in [0.25, 0.3) is 0 Å². The third-order valence-corrected chi connectivity index (χ3v) is 7.27. The molecule has 12 nitrogen and oxygen atoms in total. The topological polar surface area (TPSA) is 153 Å². The molecule has 0 aromatic heterocycles. The molecule has 1 aliphatic carbocycles. The highest BCUT2D eigenvalue weighted by molar-refractivity contribution is 5.95. The summed E-state index contributed by atoms with van der Waals surface area (Å²) in [6.07, 6.45) is 1.46. The Kier molecular flexibility index (Phi) is 15.0. The van der Waals surface area contributed by atoms with Crippen molar-refractivity contribution in [3.05, 3.63) is 71.8 Å². The summed E-state index contributed by atoms with van der Waals surface area (Å²) in [5.74, 6) is -1.18. The van der Waals surface area contributed by atoms with Gasteiger partial charge in [-0.15, -0.1) is 0 Å². The molecule has 4 amide bonds. The molecule has 4 atom stereocenters. The number of ether oxygens (including phenoxy) is 4. The van der Waals surface area contributed by atoms with Crippen LogP contribution in [0.4, 0.5) is 9.59 Å². The Morgan fingerprint density at radius 3 is 1.31 bits per heavy atom. The zero-order chi connectivity index (χ0) is 35.2. The van der Waals surface area contributed by atoms with Crippen molar-refractivity contribution in [2.75, 3.05) is 13.2 Å². The fourth-order valence-corrected chi connectivity index (χ4v) is 5.17. The average Bonchev–Trinajstić information content (AvgIpc) is 3.00. The minimum Gasteiger partial charge on any atom is -0.444 e. The number of hydrogen-bond donors (Lipinski definition) is 4. The number of alkyl carbamates (subject to hydrolysis) is 2. The van der Waals surface area contributed by atoms with Gasteiger partial charge in [0.2, 0.25) is 11.8 Å². The second-order valence-electron chi connectivity index (χ2n) is 13.9. The SMILES string of the molecule is CC(C)(C)OC(=O)NC(=O)[C@H](COCc1ccccc1)N[C@H]1CCCC[C@@H]1N[C@@H](COCc1ccccc1)C(=O)NC(=O)OC(C)(C)C. The monoisotopic (exact) mass is 668 g/mol. The molecule has 48 heavy (non-hydrogen) atoms.